The molecule has 1 aliphatic rings. The Bertz CT molecular complexity index is 588. The van der Waals surface area contributed by atoms with E-state index < -0.39 is 17.8 Å². The van der Waals surface area contributed by atoms with E-state index in [2.05, 4.69) is 4.98 Å². The number of likely N-dealkylation sites (N-methyl/N-ethyl adjacent to an activating group) is 1. The molecule has 1 aliphatic heterocycles. The van der Waals surface area contributed by atoms with Crippen molar-refractivity contribution in [1.29, 1.82) is 0 Å². The maximum absolute atomic E-state index is 11.7. The van der Waals surface area contributed by atoms with Crippen LogP contribution in [0.5, 0.6) is 0 Å². The lowest BCUT2D eigenvalue weighted by atomic mass is 10.0. The Morgan fingerprint density at radius 3 is 2.67 bits per heavy atom. The Balaban J connectivity index is 2.45. The second-order valence-electron chi connectivity index (χ2n) is 5.27. The number of aromatic nitrogens is 1. The van der Waals surface area contributed by atoms with Crippen LogP contribution in [0.2, 0.25) is 0 Å². The monoisotopic (exact) mass is 293 g/mol. The number of carboxylic acid groups (broad SMARTS) is 1. The SMILES string of the molecule is Cc1cc(N(C)C2COCC2C(=O)O)c(C(N)=O)c(C)n1. The summed E-state index contributed by atoms with van der Waals surface area (Å²) >= 11 is 0. The average molecular weight is 293 g/mol. The summed E-state index contributed by atoms with van der Waals surface area (Å²) in [6, 6.07) is 1.39. The van der Waals surface area contributed by atoms with Gasteiger partial charge in [0.05, 0.1) is 36.2 Å². The molecule has 1 aromatic rings. The Morgan fingerprint density at radius 2 is 2.10 bits per heavy atom. The number of hydrogen-bond acceptors (Lipinski definition) is 5. The van der Waals surface area contributed by atoms with Crippen LogP contribution in [0.3, 0.4) is 0 Å². The maximum atomic E-state index is 11.7. The number of amides is 1. The number of nitrogens with two attached hydrogens (primary N) is 1. The number of hydrogen-bond donors (Lipinski definition) is 2. The highest BCUT2D eigenvalue weighted by Gasteiger charge is 2.38. The molecule has 1 saturated heterocycles. The molecule has 7 nitrogen and oxygen atoms in total. The standard InChI is InChI=1S/C14H19N3O4/c1-7-4-10(12(13(15)18)8(2)16-7)17(3)11-6-21-5-9(11)14(19)20/h4,9,11H,5-6H2,1-3H3,(H2,15,18)(H,19,20). The molecule has 0 radical (unpaired) electrons. The third-order valence-electron chi connectivity index (χ3n) is 3.80. The molecule has 114 valence electrons. The van der Waals surface area contributed by atoms with Gasteiger partial charge in [0.25, 0.3) is 5.91 Å². The molecule has 2 unspecified atom stereocenters. The molecule has 0 aromatic carbocycles. The number of carbonyl (C=O) groups is 2. The number of rotatable bonds is 4. The first-order valence-corrected chi connectivity index (χ1v) is 6.64. The molecule has 2 rings (SSSR count). The van der Waals surface area contributed by atoms with Crippen LogP contribution in [0.4, 0.5) is 5.69 Å². The zero-order chi connectivity index (χ0) is 15.7. The van der Waals surface area contributed by atoms with Gasteiger partial charge in [-0.25, -0.2) is 0 Å². The van der Waals surface area contributed by atoms with Gasteiger partial charge in [0.1, 0.15) is 5.92 Å². The average Bonchev–Trinajstić information content (AvgIpc) is 2.85. The smallest absolute Gasteiger partial charge is 0.311 e. The predicted molar refractivity (Wildman–Crippen MR) is 76.4 cm³/mol. The van der Waals surface area contributed by atoms with E-state index in [1.807, 2.05) is 6.92 Å². The minimum absolute atomic E-state index is 0.166. The Hall–Kier alpha value is -2.15. The summed E-state index contributed by atoms with van der Waals surface area (Å²) in [5.74, 6) is -2.12. The van der Waals surface area contributed by atoms with Crippen LogP contribution in [-0.2, 0) is 9.53 Å². The number of carboxylic acids is 1. The predicted octanol–water partition coefficient (Wildman–Crippen LogP) is 0.333. The van der Waals surface area contributed by atoms with Crippen LogP contribution in [0.15, 0.2) is 6.07 Å². The van der Waals surface area contributed by atoms with E-state index in [9.17, 15) is 14.7 Å². The van der Waals surface area contributed by atoms with Gasteiger partial charge < -0.3 is 20.5 Å². The number of nitrogens with zero attached hydrogens (tertiary/aromatic N) is 2. The summed E-state index contributed by atoms with van der Waals surface area (Å²) in [6.45, 7) is 3.99. The van der Waals surface area contributed by atoms with Crippen molar-refractivity contribution in [1.82, 2.24) is 4.98 Å². The largest absolute Gasteiger partial charge is 0.481 e. The quantitative estimate of drug-likeness (QED) is 0.829. The molecular weight excluding hydrogens is 274 g/mol. The van der Waals surface area contributed by atoms with E-state index >= 15 is 0 Å². The molecule has 0 saturated carbocycles. The molecule has 3 N–H and O–H groups in total. The lowest BCUT2D eigenvalue weighted by molar-refractivity contribution is -0.141. The zero-order valence-corrected chi connectivity index (χ0v) is 12.3. The molecule has 2 atom stereocenters. The molecule has 0 bridgehead atoms. The van der Waals surface area contributed by atoms with E-state index in [0.717, 1.165) is 5.69 Å². The minimum atomic E-state index is -0.910. The lowest BCUT2D eigenvalue weighted by Gasteiger charge is -2.30. The summed E-state index contributed by atoms with van der Waals surface area (Å²) < 4.78 is 5.28. The van der Waals surface area contributed by atoms with Crippen LogP contribution in [0.1, 0.15) is 21.7 Å². The van der Waals surface area contributed by atoms with Gasteiger partial charge in [-0.1, -0.05) is 0 Å². The van der Waals surface area contributed by atoms with Gasteiger partial charge in [-0.2, -0.15) is 0 Å². The molecule has 0 aliphatic carbocycles. The van der Waals surface area contributed by atoms with Crippen molar-refractivity contribution in [3.05, 3.63) is 23.0 Å². The highest BCUT2D eigenvalue weighted by molar-refractivity contribution is 5.99. The van der Waals surface area contributed by atoms with E-state index in [0.29, 0.717) is 23.6 Å². The van der Waals surface area contributed by atoms with Crippen LogP contribution >= 0.6 is 0 Å². The number of primary amides is 1. The Labute approximate surface area is 122 Å². The molecule has 1 aromatic heterocycles. The van der Waals surface area contributed by atoms with E-state index in [1.165, 1.54) is 0 Å². The van der Waals surface area contributed by atoms with Gasteiger partial charge in [0.2, 0.25) is 0 Å². The van der Waals surface area contributed by atoms with Crippen molar-refractivity contribution < 1.29 is 19.4 Å². The van der Waals surface area contributed by atoms with Crippen LogP contribution in [0.25, 0.3) is 0 Å². The third kappa shape index (κ3) is 2.82. The number of aryl methyl sites for hydroxylation is 2. The van der Waals surface area contributed by atoms with Crippen molar-refractivity contribution in [2.75, 3.05) is 25.2 Å². The first kappa shape index (κ1) is 15.2. The normalized spacial score (nSPS) is 21.3. The molecule has 7 heteroatoms. The van der Waals surface area contributed by atoms with E-state index in [1.54, 1.807) is 24.9 Å². The molecular formula is C14H19N3O4. The van der Waals surface area contributed by atoms with Crippen molar-refractivity contribution in [3.8, 4) is 0 Å². The van der Waals surface area contributed by atoms with Crippen molar-refractivity contribution in [2.24, 2.45) is 11.7 Å². The highest BCUT2D eigenvalue weighted by Crippen LogP contribution is 2.29. The fourth-order valence-electron chi connectivity index (χ4n) is 2.73. The summed E-state index contributed by atoms with van der Waals surface area (Å²) in [5, 5.41) is 9.26. The third-order valence-corrected chi connectivity index (χ3v) is 3.80. The van der Waals surface area contributed by atoms with Crippen LogP contribution in [0, 0.1) is 19.8 Å². The first-order valence-electron chi connectivity index (χ1n) is 6.64. The highest BCUT2D eigenvalue weighted by atomic mass is 16.5. The Morgan fingerprint density at radius 1 is 1.43 bits per heavy atom. The van der Waals surface area contributed by atoms with Crippen LogP contribution in [-0.4, -0.2) is 48.3 Å². The molecule has 1 fully saturated rings. The van der Waals surface area contributed by atoms with Gasteiger partial charge in [0, 0.05) is 12.7 Å². The number of pyridine rings is 1. The summed E-state index contributed by atoms with van der Waals surface area (Å²) in [5.41, 5.74) is 7.63. The minimum Gasteiger partial charge on any atom is -0.481 e. The second-order valence-corrected chi connectivity index (χ2v) is 5.27. The van der Waals surface area contributed by atoms with Crippen molar-refractivity contribution in [3.63, 3.8) is 0 Å². The molecule has 2 heterocycles. The first-order chi connectivity index (χ1) is 9.82. The van der Waals surface area contributed by atoms with Gasteiger partial charge in [-0.15, -0.1) is 0 Å². The molecule has 21 heavy (non-hydrogen) atoms. The lowest BCUT2D eigenvalue weighted by Crippen LogP contribution is -2.42. The molecule has 0 spiro atoms. The Kier molecular flexibility index (Phi) is 4.13. The summed E-state index contributed by atoms with van der Waals surface area (Å²) in [6.07, 6.45) is 0. The van der Waals surface area contributed by atoms with Gasteiger partial charge in [0.15, 0.2) is 0 Å². The van der Waals surface area contributed by atoms with Crippen molar-refractivity contribution >= 4 is 17.6 Å². The number of aliphatic carboxylic acids is 1. The van der Waals surface area contributed by atoms with Gasteiger partial charge in [-0.05, 0) is 19.9 Å². The van der Waals surface area contributed by atoms with Crippen LogP contribution < -0.4 is 10.6 Å². The fraction of sp³-hybridized carbons (Fsp3) is 0.500. The second kappa shape index (κ2) is 5.69. The summed E-state index contributed by atoms with van der Waals surface area (Å²) in [7, 11) is 1.75. The maximum Gasteiger partial charge on any atom is 0.311 e. The van der Waals surface area contributed by atoms with Gasteiger partial charge >= 0.3 is 5.97 Å². The van der Waals surface area contributed by atoms with E-state index in [-0.39, 0.29) is 12.6 Å². The van der Waals surface area contributed by atoms with E-state index in [4.69, 9.17) is 10.5 Å². The number of anilines is 1. The number of ether oxygens (including phenoxy) is 1. The molecule has 1 amide bonds. The number of carbonyl (C=O) groups excluding carboxylic acids is 1. The fourth-order valence-corrected chi connectivity index (χ4v) is 2.73. The summed E-state index contributed by atoms with van der Waals surface area (Å²) in [4.78, 5) is 29.0. The zero-order valence-electron chi connectivity index (χ0n) is 12.3. The van der Waals surface area contributed by atoms with Gasteiger partial charge in [-0.3, -0.25) is 14.6 Å². The van der Waals surface area contributed by atoms with Crippen molar-refractivity contribution in [2.45, 2.75) is 19.9 Å². The topological polar surface area (TPSA) is 106 Å².